The van der Waals surface area contributed by atoms with E-state index in [4.69, 9.17) is 4.74 Å². The van der Waals surface area contributed by atoms with E-state index in [-0.39, 0.29) is 5.91 Å². The van der Waals surface area contributed by atoms with Crippen molar-refractivity contribution in [3.8, 4) is 17.0 Å². The molecule has 7 nitrogen and oxygen atoms in total. The summed E-state index contributed by atoms with van der Waals surface area (Å²) < 4.78 is 5.12. The molecule has 120 valence electrons. The molecule has 0 atom stereocenters. The van der Waals surface area contributed by atoms with Crippen molar-refractivity contribution in [2.75, 3.05) is 7.11 Å². The Labute approximate surface area is 138 Å². The Morgan fingerprint density at radius 2 is 2.08 bits per heavy atom. The lowest BCUT2D eigenvalue weighted by Crippen LogP contribution is -2.18. The highest BCUT2D eigenvalue weighted by Crippen LogP contribution is 2.21. The van der Waals surface area contributed by atoms with Gasteiger partial charge in [0.05, 0.1) is 24.7 Å². The minimum atomic E-state index is -0.380. The van der Waals surface area contributed by atoms with Gasteiger partial charge in [-0.1, -0.05) is 6.07 Å². The first kappa shape index (κ1) is 15.4. The van der Waals surface area contributed by atoms with Crippen LogP contribution in [0.1, 0.15) is 16.2 Å². The molecule has 0 unspecified atom stereocenters. The topological polar surface area (TPSA) is 92.3 Å². The van der Waals surface area contributed by atoms with Crippen molar-refractivity contribution in [1.29, 1.82) is 0 Å². The summed E-state index contributed by atoms with van der Waals surface area (Å²) in [5.41, 5.74) is 4.94. The van der Waals surface area contributed by atoms with Crippen molar-refractivity contribution in [3.05, 3.63) is 66.1 Å². The van der Waals surface area contributed by atoms with Crippen molar-refractivity contribution >= 4 is 12.1 Å². The number of ether oxygens (including phenoxy) is 1. The van der Waals surface area contributed by atoms with Crippen molar-refractivity contribution in [3.63, 3.8) is 0 Å². The molecule has 3 rings (SSSR count). The van der Waals surface area contributed by atoms with Crippen LogP contribution in [-0.2, 0) is 0 Å². The summed E-state index contributed by atoms with van der Waals surface area (Å²) in [7, 11) is 1.61. The number of aromatic nitrogens is 3. The molecule has 0 aliphatic rings. The van der Waals surface area contributed by atoms with Gasteiger partial charge in [-0.2, -0.15) is 10.2 Å². The zero-order valence-electron chi connectivity index (χ0n) is 12.9. The highest BCUT2D eigenvalue weighted by Gasteiger charge is 2.10. The lowest BCUT2D eigenvalue weighted by atomic mass is 10.1. The zero-order chi connectivity index (χ0) is 16.8. The molecule has 7 heteroatoms. The molecule has 0 fully saturated rings. The van der Waals surface area contributed by atoms with Gasteiger partial charge in [0.25, 0.3) is 5.91 Å². The normalized spacial score (nSPS) is 10.7. The predicted molar refractivity (Wildman–Crippen MR) is 89.9 cm³/mol. The summed E-state index contributed by atoms with van der Waals surface area (Å²) in [5.74, 6) is 0.380. The van der Waals surface area contributed by atoms with Gasteiger partial charge in [-0.05, 0) is 42.5 Å². The molecule has 3 aromatic rings. The monoisotopic (exact) mass is 321 g/mol. The fourth-order valence-electron chi connectivity index (χ4n) is 2.02. The third-order valence-corrected chi connectivity index (χ3v) is 3.26. The SMILES string of the molecule is COc1ccc(-c2cc(C(=O)N/N=C\c3ccccn3)[nH]n2)cc1. The van der Waals surface area contributed by atoms with Crippen LogP contribution in [0.2, 0.25) is 0 Å². The molecule has 0 bridgehead atoms. The van der Waals surface area contributed by atoms with E-state index in [2.05, 4.69) is 25.7 Å². The molecule has 1 aromatic carbocycles. The number of aromatic amines is 1. The highest BCUT2D eigenvalue weighted by atomic mass is 16.5. The van der Waals surface area contributed by atoms with E-state index < -0.39 is 0 Å². The molecule has 2 heterocycles. The molecule has 24 heavy (non-hydrogen) atoms. The molecule has 0 radical (unpaired) electrons. The van der Waals surface area contributed by atoms with Crippen LogP contribution in [-0.4, -0.2) is 34.4 Å². The second-order valence-corrected chi connectivity index (χ2v) is 4.85. The van der Waals surface area contributed by atoms with Crippen LogP contribution in [0.3, 0.4) is 0 Å². The first-order valence-electron chi connectivity index (χ1n) is 7.20. The second-order valence-electron chi connectivity index (χ2n) is 4.85. The molecule has 1 amide bonds. The van der Waals surface area contributed by atoms with Gasteiger partial charge in [0.1, 0.15) is 11.4 Å². The van der Waals surface area contributed by atoms with Gasteiger partial charge < -0.3 is 4.74 Å². The number of hydrogen-bond acceptors (Lipinski definition) is 5. The number of carbonyl (C=O) groups excluding carboxylic acids is 1. The van der Waals surface area contributed by atoms with Gasteiger partial charge >= 0.3 is 0 Å². The number of hydrogen-bond donors (Lipinski definition) is 2. The third kappa shape index (κ3) is 3.64. The van der Waals surface area contributed by atoms with Crippen molar-refractivity contribution in [2.45, 2.75) is 0 Å². The number of nitrogens with one attached hydrogen (secondary N) is 2. The number of H-pyrrole nitrogens is 1. The second kappa shape index (κ2) is 7.19. The minimum absolute atomic E-state index is 0.319. The van der Waals surface area contributed by atoms with E-state index >= 15 is 0 Å². The molecular formula is C17H15N5O2. The first-order chi connectivity index (χ1) is 11.8. The Balaban J connectivity index is 1.66. The number of benzene rings is 1. The van der Waals surface area contributed by atoms with E-state index in [0.29, 0.717) is 17.1 Å². The average molecular weight is 321 g/mol. The molecular weight excluding hydrogens is 306 g/mol. The standard InChI is InChI=1S/C17H15N5O2/c1-24-14-7-5-12(6-8-14)15-10-16(21-20-15)17(23)22-19-11-13-4-2-3-9-18-13/h2-11H,1H3,(H,20,21)(H,22,23)/b19-11-. The van der Waals surface area contributed by atoms with E-state index in [1.807, 2.05) is 30.3 Å². The number of nitrogens with zero attached hydrogens (tertiary/aromatic N) is 3. The quantitative estimate of drug-likeness (QED) is 0.557. The zero-order valence-corrected chi connectivity index (χ0v) is 12.9. The molecule has 0 aliphatic heterocycles. The van der Waals surface area contributed by atoms with E-state index in [1.54, 1.807) is 31.5 Å². The average Bonchev–Trinajstić information content (AvgIpc) is 3.13. The fraction of sp³-hybridized carbons (Fsp3) is 0.0588. The maximum atomic E-state index is 12.0. The van der Waals surface area contributed by atoms with Gasteiger partial charge in [-0.15, -0.1) is 0 Å². The summed E-state index contributed by atoms with van der Waals surface area (Å²) in [6, 6.07) is 14.5. The summed E-state index contributed by atoms with van der Waals surface area (Å²) in [5, 5.41) is 10.7. The Hall–Kier alpha value is -3.48. The Morgan fingerprint density at radius 3 is 2.79 bits per heavy atom. The smallest absolute Gasteiger partial charge is 0.289 e. The molecule has 0 spiro atoms. The maximum Gasteiger partial charge on any atom is 0.289 e. The van der Waals surface area contributed by atoms with Crippen molar-refractivity contribution < 1.29 is 9.53 Å². The van der Waals surface area contributed by atoms with Crippen LogP contribution in [0.5, 0.6) is 5.75 Å². The van der Waals surface area contributed by atoms with Crippen LogP contribution in [0.25, 0.3) is 11.3 Å². The van der Waals surface area contributed by atoms with Crippen LogP contribution in [0.4, 0.5) is 0 Å². The van der Waals surface area contributed by atoms with Gasteiger partial charge in [-0.3, -0.25) is 14.9 Å². The Morgan fingerprint density at radius 1 is 1.25 bits per heavy atom. The van der Waals surface area contributed by atoms with Crippen LogP contribution in [0.15, 0.2) is 59.8 Å². The highest BCUT2D eigenvalue weighted by molar-refractivity contribution is 5.94. The Bertz CT molecular complexity index is 841. The van der Waals surface area contributed by atoms with Crippen LogP contribution in [0, 0.1) is 0 Å². The van der Waals surface area contributed by atoms with Gasteiger partial charge in [-0.25, -0.2) is 5.43 Å². The Kier molecular flexibility index (Phi) is 4.62. The maximum absolute atomic E-state index is 12.0. The predicted octanol–water partition coefficient (Wildman–Crippen LogP) is 2.24. The van der Waals surface area contributed by atoms with Crippen LogP contribution < -0.4 is 10.2 Å². The molecule has 2 aromatic heterocycles. The van der Waals surface area contributed by atoms with Crippen molar-refractivity contribution in [1.82, 2.24) is 20.6 Å². The van der Waals surface area contributed by atoms with Gasteiger partial charge in [0.2, 0.25) is 0 Å². The van der Waals surface area contributed by atoms with E-state index in [1.165, 1.54) is 6.21 Å². The number of carbonyl (C=O) groups is 1. The van der Waals surface area contributed by atoms with Crippen molar-refractivity contribution in [2.24, 2.45) is 5.10 Å². The third-order valence-electron chi connectivity index (χ3n) is 3.26. The fourth-order valence-corrected chi connectivity index (χ4v) is 2.02. The largest absolute Gasteiger partial charge is 0.497 e. The van der Waals surface area contributed by atoms with Crippen LogP contribution >= 0.6 is 0 Å². The van der Waals surface area contributed by atoms with Gasteiger partial charge in [0, 0.05) is 11.8 Å². The summed E-state index contributed by atoms with van der Waals surface area (Å²) in [6.07, 6.45) is 3.12. The number of methoxy groups -OCH3 is 1. The number of pyridine rings is 1. The van der Waals surface area contributed by atoms with Gasteiger partial charge in [0.15, 0.2) is 0 Å². The molecule has 2 N–H and O–H groups in total. The number of amides is 1. The lowest BCUT2D eigenvalue weighted by Gasteiger charge is -2.00. The first-order valence-corrected chi connectivity index (χ1v) is 7.20. The summed E-state index contributed by atoms with van der Waals surface area (Å²) in [6.45, 7) is 0. The minimum Gasteiger partial charge on any atom is -0.497 e. The molecule has 0 saturated heterocycles. The molecule has 0 aliphatic carbocycles. The molecule has 0 saturated carbocycles. The lowest BCUT2D eigenvalue weighted by molar-refractivity contribution is 0.0950. The number of hydrazone groups is 1. The summed E-state index contributed by atoms with van der Waals surface area (Å²) >= 11 is 0. The number of rotatable bonds is 5. The van der Waals surface area contributed by atoms with E-state index in [9.17, 15) is 4.79 Å². The van der Waals surface area contributed by atoms with E-state index in [0.717, 1.165) is 11.3 Å². The summed E-state index contributed by atoms with van der Waals surface area (Å²) in [4.78, 5) is 16.1.